The summed E-state index contributed by atoms with van der Waals surface area (Å²) in [5.41, 5.74) is 2.48. The molecule has 2 unspecified atom stereocenters. The smallest absolute Gasteiger partial charge is 0.184 e. The summed E-state index contributed by atoms with van der Waals surface area (Å²) in [6.07, 6.45) is 3.07. The molecule has 0 spiro atoms. The summed E-state index contributed by atoms with van der Waals surface area (Å²) < 4.78 is 30.4. The Morgan fingerprint density at radius 2 is 1.96 bits per heavy atom. The van der Waals surface area contributed by atoms with Crippen molar-refractivity contribution in [2.75, 3.05) is 13.2 Å². The Hall–Kier alpha value is -1.24. The van der Waals surface area contributed by atoms with Crippen LogP contribution in [0, 0.1) is 11.8 Å². The Bertz CT molecular complexity index is 685. The molecule has 0 amide bonds. The molecule has 3 aliphatic heterocycles. The summed E-state index contributed by atoms with van der Waals surface area (Å²) in [7, 11) is 0. The van der Waals surface area contributed by atoms with E-state index in [-0.39, 0.29) is 24.6 Å². The van der Waals surface area contributed by atoms with E-state index in [0.717, 1.165) is 6.42 Å². The fourth-order valence-corrected chi connectivity index (χ4v) is 4.83. The number of fused-ring (bicyclic) bond motifs is 4. The van der Waals surface area contributed by atoms with Gasteiger partial charge in [-0.15, -0.1) is 0 Å². The molecule has 0 saturated carbocycles. The zero-order valence-electron chi connectivity index (χ0n) is 15.3. The first-order valence-corrected chi connectivity index (χ1v) is 9.53. The lowest BCUT2D eigenvalue weighted by atomic mass is 9.70. The number of hydrogen-bond donors (Lipinski definition) is 0. The van der Waals surface area contributed by atoms with Crippen LogP contribution in [0.2, 0.25) is 0 Å². The van der Waals surface area contributed by atoms with Crippen LogP contribution < -0.4 is 0 Å². The minimum absolute atomic E-state index is 0.0356. The molecule has 0 N–H and O–H groups in total. The van der Waals surface area contributed by atoms with Gasteiger partial charge in [-0.1, -0.05) is 36.4 Å². The standard InChI is InChI=1S/C21H26O5/c1-21(2)25-16-9-14(11-22-10-13-6-4-3-5-7-13)8-15-17-12-23-20(24-17)19(26-21)18(15)16/h3-7,9,15-20H,8,10-12H2,1-2H3/t15-,16?,17-,18+,19?,20-/m1/s1. The molecular weight excluding hydrogens is 332 g/mol. The third-order valence-electron chi connectivity index (χ3n) is 5.87. The summed E-state index contributed by atoms with van der Waals surface area (Å²) in [5, 5.41) is 0. The molecule has 1 aromatic carbocycles. The van der Waals surface area contributed by atoms with Crippen molar-refractivity contribution < 1.29 is 23.7 Å². The van der Waals surface area contributed by atoms with E-state index in [2.05, 4.69) is 18.2 Å². The van der Waals surface area contributed by atoms with Crippen molar-refractivity contribution in [1.82, 2.24) is 0 Å². The topological polar surface area (TPSA) is 46.2 Å². The zero-order valence-corrected chi connectivity index (χ0v) is 15.3. The maximum atomic E-state index is 6.27. The molecule has 5 nitrogen and oxygen atoms in total. The molecule has 3 fully saturated rings. The summed E-state index contributed by atoms with van der Waals surface area (Å²) in [6.45, 7) is 5.83. The predicted molar refractivity (Wildman–Crippen MR) is 94.2 cm³/mol. The van der Waals surface area contributed by atoms with E-state index in [1.165, 1.54) is 11.1 Å². The van der Waals surface area contributed by atoms with Gasteiger partial charge in [-0.05, 0) is 37.3 Å². The second-order valence-corrected chi connectivity index (χ2v) is 8.19. The minimum atomic E-state index is -0.637. The van der Waals surface area contributed by atoms with Crippen LogP contribution in [-0.2, 0) is 30.3 Å². The molecule has 2 bridgehead atoms. The Balaban J connectivity index is 1.33. The summed E-state index contributed by atoms with van der Waals surface area (Å²) >= 11 is 0. The van der Waals surface area contributed by atoms with Crippen molar-refractivity contribution in [2.45, 2.75) is 57.3 Å². The molecule has 1 aliphatic carbocycles. The summed E-state index contributed by atoms with van der Waals surface area (Å²) in [5.74, 6) is 0.0230. The molecule has 1 aromatic rings. The molecule has 5 rings (SSSR count). The molecule has 26 heavy (non-hydrogen) atoms. The predicted octanol–water partition coefficient (Wildman–Crippen LogP) is 3.04. The van der Waals surface area contributed by atoms with Crippen LogP contribution in [0.25, 0.3) is 0 Å². The largest absolute Gasteiger partial charge is 0.372 e. The van der Waals surface area contributed by atoms with E-state index < -0.39 is 5.79 Å². The Labute approximate surface area is 154 Å². The number of hydrogen-bond acceptors (Lipinski definition) is 5. The highest BCUT2D eigenvalue weighted by atomic mass is 16.8. The molecule has 5 heteroatoms. The molecule has 6 atom stereocenters. The number of ether oxygens (including phenoxy) is 5. The fraction of sp³-hybridized carbons (Fsp3) is 0.619. The van der Waals surface area contributed by atoms with Crippen molar-refractivity contribution in [1.29, 1.82) is 0 Å². The quantitative estimate of drug-likeness (QED) is 0.774. The van der Waals surface area contributed by atoms with Gasteiger partial charge >= 0.3 is 0 Å². The van der Waals surface area contributed by atoms with E-state index in [0.29, 0.717) is 31.7 Å². The van der Waals surface area contributed by atoms with E-state index in [1.807, 2.05) is 32.0 Å². The Morgan fingerprint density at radius 3 is 2.81 bits per heavy atom. The maximum Gasteiger partial charge on any atom is 0.184 e. The normalized spacial score (nSPS) is 40.0. The lowest BCUT2D eigenvalue weighted by Gasteiger charge is -2.53. The average molecular weight is 358 g/mol. The van der Waals surface area contributed by atoms with Crippen LogP contribution in [0.5, 0.6) is 0 Å². The van der Waals surface area contributed by atoms with Gasteiger partial charge in [0.05, 0.1) is 32.0 Å². The van der Waals surface area contributed by atoms with Gasteiger partial charge < -0.3 is 23.7 Å². The fourth-order valence-electron chi connectivity index (χ4n) is 4.83. The van der Waals surface area contributed by atoms with E-state index in [9.17, 15) is 0 Å². The highest BCUT2D eigenvalue weighted by Crippen LogP contribution is 2.50. The third-order valence-corrected chi connectivity index (χ3v) is 5.87. The van der Waals surface area contributed by atoms with Crippen molar-refractivity contribution in [2.24, 2.45) is 11.8 Å². The van der Waals surface area contributed by atoms with Crippen molar-refractivity contribution >= 4 is 0 Å². The molecule has 140 valence electrons. The van der Waals surface area contributed by atoms with Gasteiger partial charge in [-0.3, -0.25) is 0 Å². The van der Waals surface area contributed by atoms with Gasteiger partial charge in [0, 0.05) is 5.92 Å². The monoisotopic (exact) mass is 358 g/mol. The van der Waals surface area contributed by atoms with E-state index in [1.54, 1.807) is 0 Å². The Kier molecular flexibility index (Phi) is 4.18. The molecule has 0 radical (unpaired) electrons. The van der Waals surface area contributed by atoms with Crippen molar-refractivity contribution in [3.05, 3.63) is 47.5 Å². The lowest BCUT2D eigenvalue weighted by molar-refractivity contribution is -0.365. The first-order valence-electron chi connectivity index (χ1n) is 9.53. The van der Waals surface area contributed by atoms with Gasteiger partial charge in [0.2, 0.25) is 0 Å². The van der Waals surface area contributed by atoms with Crippen LogP contribution in [0.3, 0.4) is 0 Å². The van der Waals surface area contributed by atoms with Gasteiger partial charge in [-0.2, -0.15) is 0 Å². The van der Waals surface area contributed by atoms with E-state index in [4.69, 9.17) is 23.7 Å². The molecular formula is C21H26O5. The molecule has 0 aromatic heterocycles. The van der Waals surface area contributed by atoms with Gasteiger partial charge in [0.15, 0.2) is 12.1 Å². The van der Waals surface area contributed by atoms with Crippen LogP contribution in [0.15, 0.2) is 42.0 Å². The second-order valence-electron chi connectivity index (χ2n) is 8.19. The molecule has 3 saturated heterocycles. The maximum absolute atomic E-state index is 6.27. The van der Waals surface area contributed by atoms with Crippen molar-refractivity contribution in [3.63, 3.8) is 0 Å². The van der Waals surface area contributed by atoms with E-state index >= 15 is 0 Å². The van der Waals surface area contributed by atoms with Gasteiger partial charge in [0.25, 0.3) is 0 Å². The number of rotatable bonds is 4. The summed E-state index contributed by atoms with van der Waals surface area (Å²) in [6, 6.07) is 10.3. The molecule has 4 aliphatic rings. The third kappa shape index (κ3) is 3.02. The van der Waals surface area contributed by atoms with Crippen molar-refractivity contribution in [3.8, 4) is 0 Å². The highest BCUT2D eigenvalue weighted by Gasteiger charge is 2.59. The minimum Gasteiger partial charge on any atom is -0.372 e. The highest BCUT2D eigenvalue weighted by molar-refractivity contribution is 5.19. The van der Waals surface area contributed by atoms with Crippen LogP contribution in [-0.4, -0.2) is 43.6 Å². The first-order chi connectivity index (χ1) is 12.6. The second kappa shape index (κ2) is 6.43. The van der Waals surface area contributed by atoms with Gasteiger partial charge in [0.1, 0.15) is 6.10 Å². The SMILES string of the molecule is CC1(C)OC2C=C(COCc3ccccc3)C[C@H]3[C@@H]2C(O1)[C@@H]1OC[C@H]3O1. The zero-order chi connectivity index (χ0) is 17.7. The lowest BCUT2D eigenvalue weighted by Crippen LogP contribution is -2.61. The number of benzene rings is 1. The first kappa shape index (κ1) is 16.9. The average Bonchev–Trinajstić information content (AvgIpc) is 3.05. The van der Waals surface area contributed by atoms with Crippen LogP contribution >= 0.6 is 0 Å². The van der Waals surface area contributed by atoms with Crippen LogP contribution in [0.1, 0.15) is 25.8 Å². The Morgan fingerprint density at radius 1 is 1.12 bits per heavy atom. The summed E-state index contributed by atoms with van der Waals surface area (Å²) in [4.78, 5) is 0. The van der Waals surface area contributed by atoms with Gasteiger partial charge in [-0.25, -0.2) is 0 Å². The van der Waals surface area contributed by atoms with Crippen LogP contribution in [0.4, 0.5) is 0 Å². The molecule has 3 heterocycles.